The molecule has 0 saturated carbocycles. The van der Waals surface area contributed by atoms with Crippen LogP contribution in [-0.2, 0) is 9.59 Å². The number of benzene rings is 1. The standard InChI is InChI=1S/C11H12N2O4/c1-12-10(14)5-16-7-2-3-9-8(4-7)13-11(15)6-17-9/h2-4H,5-6H2,1H3,(H,12,14)(H,13,15). The molecule has 1 aliphatic rings. The molecule has 0 bridgehead atoms. The molecule has 17 heavy (non-hydrogen) atoms. The molecule has 2 N–H and O–H groups in total. The Balaban J connectivity index is 2.07. The second kappa shape index (κ2) is 4.73. The highest BCUT2D eigenvalue weighted by Crippen LogP contribution is 2.31. The average molecular weight is 236 g/mol. The summed E-state index contributed by atoms with van der Waals surface area (Å²) in [6.45, 7) is -0.0461. The fraction of sp³-hybridized carbons (Fsp3) is 0.273. The quantitative estimate of drug-likeness (QED) is 0.782. The first-order valence-corrected chi connectivity index (χ1v) is 5.09. The van der Waals surface area contributed by atoms with Crippen LogP contribution in [0.4, 0.5) is 5.69 Å². The highest BCUT2D eigenvalue weighted by molar-refractivity contribution is 5.95. The van der Waals surface area contributed by atoms with Crippen LogP contribution >= 0.6 is 0 Å². The molecule has 2 rings (SSSR count). The summed E-state index contributed by atoms with van der Waals surface area (Å²) in [5.74, 6) is 0.666. The lowest BCUT2D eigenvalue weighted by molar-refractivity contribution is -0.122. The van der Waals surface area contributed by atoms with Crippen molar-refractivity contribution in [3.05, 3.63) is 18.2 Å². The van der Waals surface area contributed by atoms with Gasteiger partial charge in [-0.25, -0.2) is 0 Å². The molecule has 6 heteroatoms. The summed E-state index contributed by atoms with van der Waals surface area (Å²) in [4.78, 5) is 22.1. The van der Waals surface area contributed by atoms with E-state index in [1.165, 1.54) is 7.05 Å². The van der Waals surface area contributed by atoms with Gasteiger partial charge in [-0.1, -0.05) is 0 Å². The first kappa shape index (κ1) is 11.3. The molecule has 1 aliphatic heterocycles. The van der Waals surface area contributed by atoms with Crippen molar-refractivity contribution >= 4 is 17.5 Å². The molecule has 1 aromatic carbocycles. The zero-order chi connectivity index (χ0) is 12.3. The van der Waals surface area contributed by atoms with Crippen molar-refractivity contribution in [1.29, 1.82) is 0 Å². The van der Waals surface area contributed by atoms with Crippen LogP contribution in [0.25, 0.3) is 0 Å². The molecule has 2 amide bonds. The molecule has 0 spiro atoms. The number of carbonyl (C=O) groups is 2. The Hall–Kier alpha value is -2.24. The SMILES string of the molecule is CNC(=O)COc1ccc2c(c1)NC(=O)CO2. The Morgan fingerprint density at radius 1 is 1.59 bits per heavy atom. The van der Waals surface area contributed by atoms with Gasteiger partial charge in [-0.2, -0.15) is 0 Å². The van der Waals surface area contributed by atoms with Crippen LogP contribution in [0.5, 0.6) is 11.5 Å². The number of hydrogen-bond donors (Lipinski definition) is 2. The van der Waals surface area contributed by atoms with Crippen LogP contribution in [0, 0.1) is 0 Å². The van der Waals surface area contributed by atoms with Gasteiger partial charge in [0, 0.05) is 13.1 Å². The summed E-state index contributed by atoms with van der Waals surface area (Å²) >= 11 is 0. The number of rotatable bonds is 3. The van der Waals surface area contributed by atoms with E-state index in [0.29, 0.717) is 17.2 Å². The van der Waals surface area contributed by atoms with Crippen LogP contribution in [0.3, 0.4) is 0 Å². The number of ether oxygens (including phenoxy) is 2. The summed E-state index contributed by atoms with van der Waals surface area (Å²) in [6, 6.07) is 4.99. The maximum atomic E-state index is 11.1. The van der Waals surface area contributed by atoms with Gasteiger partial charge in [-0.05, 0) is 12.1 Å². The van der Waals surface area contributed by atoms with E-state index in [9.17, 15) is 9.59 Å². The maximum Gasteiger partial charge on any atom is 0.262 e. The third-order valence-corrected chi connectivity index (χ3v) is 2.23. The smallest absolute Gasteiger partial charge is 0.262 e. The van der Waals surface area contributed by atoms with Gasteiger partial charge >= 0.3 is 0 Å². The molecule has 0 radical (unpaired) electrons. The van der Waals surface area contributed by atoms with Crippen molar-refractivity contribution in [1.82, 2.24) is 5.32 Å². The van der Waals surface area contributed by atoms with Gasteiger partial charge in [0.2, 0.25) is 0 Å². The summed E-state index contributed by atoms with van der Waals surface area (Å²) < 4.78 is 10.4. The molecule has 1 heterocycles. The number of anilines is 1. The Kier molecular flexibility index (Phi) is 3.13. The van der Waals surface area contributed by atoms with E-state index in [4.69, 9.17) is 9.47 Å². The predicted octanol–water partition coefficient (Wildman–Crippen LogP) is 0.142. The van der Waals surface area contributed by atoms with Crippen LogP contribution in [0.2, 0.25) is 0 Å². The van der Waals surface area contributed by atoms with E-state index >= 15 is 0 Å². The van der Waals surface area contributed by atoms with Gasteiger partial charge in [0.15, 0.2) is 13.2 Å². The van der Waals surface area contributed by atoms with Gasteiger partial charge in [-0.3, -0.25) is 9.59 Å². The van der Waals surface area contributed by atoms with Crippen molar-refractivity contribution in [3.63, 3.8) is 0 Å². The lowest BCUT2D eigenvalue weighted by Gasteiger charge is -2.18. The molecule has 0 atom stereocenters. The minimum Gasteiger partial charge on any atom is -0.484 e. The number of amides is 2. The summed E-state index contributed by atoms with van der Waals surface area (Å²) in [5, 5.41) is 5.10. The first-order chi connectivity index (χ1) is 8.19. The molecular formula is C11H12N2O4. The van der Waals surface area contributed by atoms with Gasteiger partial charge in [-0.15, -0.1) is 0 Å². The van der Waals surface area contributed by atoms with Crippen molar-refractivity contribution < 1.29 is 19.1 Å². The molecule has 6 nitrogen and oxygen atoms in total. The molecule has 90 valence electrons. The van der Waals surface area contributed by atoms with E-state index in [1.807, 2.05) is 0 Å². The van der Waals surface area contributed by atoms with Crippen LogP contribution < -0.4 is 20.1 Å². The maximum absolute atomic E-state index is 11.1. The second-order valence-electron chi connectivity index (χ2n) is 3.46. The average Bonchev–Trinajstić information content (AvgIpc) is 2.35. The van der Waals surface area contributed by atoms with Crippen LogP contribution in [0.1, 0.15) is 0 Å². The largest absolute Gasteiger partial charge is 0.484 e. The number of likely N-dealkylation sites (N-methyl/N-ethyl adjacent to an activating group) is 1. The Morgan fingerprint density at radius 3 is 3.18 bits per heavy atom. The first-order valence-electron chi connectivity index (χ1n) is 5.09. The van der Waals surface area contributed by atoms with Crippen molar-refractivity contribution in [2.75, 3.05) is 25.6 Å². The van der Waals surface area contributed by atoms with E-state index in [1.54, 1.807) is 18.2 Å². The predicted molar refractivity (Wildman–Crippen MR) is 60.1 cm³/mol. The van der Waals surface area contributed by atoms with Gasteiger partial charge in [0.25, 0.3) is 11.8 Å². The highest BCUT2D eigenvalue weighted by Gasteiger charge is 2.16. The van der Waals surface area contributed by atoms with Crippen LogP contribution in [-0.4, -0.2) is 32.1 Å². The number of hydrogen-bond acceptors (Lipinski definition) is 4. The zero-order valence-corrected chi connectivity index (χ0v) is 9.28. The lowest BCUT2D eigenvalue weighted by Crippen LogP contribution is -2.26. The van der Waals surface area contributed by atoms with Gasteiger partial charge in [0.1, 0.15) is 11.5 Å². The molecule has 0 aliphatic carbocycles. The van der Waals surface area contributed by atoms with E-state index in [2.05, 4.69) is 10.6 Å². The van der Waals surface area contributed by atoms with Gasteiger partial charge in [0.05, 0.1) is 5.69 Å². The second-order valence-corrected chi connectivity index (χ2v) is 3.46. The molecular weight excluding hydrogens is 224 g/mol. The number of carbonyl (C=O) groups excluding carboxylic acids is 2. The highest BCUT2D eigenvalue weighted by atomic mass is 16.5. The molecule has 0 unspecified atom stereocenters. The zero-order valence-electron chi connectivity index (χ0n) is 9.28. The fourth-order valence-electron chi connectivity index (χ4n) is 1.37. The van der Waals surface area contributed by atoms with E-state index in [-0.39, 0.29) is 25.0 Å². The summed E-state index contributed by atoms with van der Waals surface area (Å²) in [7, 11) is 1.53. The Bertz CT molecular complexity index is 459. The molecule has 0 aromatic heterocycles. The molecule has 0 saturated heterocycles. The minimum absolute atomic E-state index is 0.0193. The minimum atomic E-state index is -0.219. The summed E-state index contributed by atoms with van der Waals surface area (Å²) in [6.07, 6.45) is 0. The lowest BCUT2D eigenvalue weighted by atomic mass is 10.2. The van der Waals surface area contributed by atoms with Crippen molar-refractivity contribution in [2.45, 2.75) is 0 Å². The van der Waals surface area contributed by atoms with E-state index in [0.717, 1.165) is 0 Å². The Labute approximate surface area is 97.9 Å². The normalized spacial score (nSPS) is 13.1. The topological polar surface area (TPSA) is 76.7 Å². The van der Waals surface area contributed by atoms with Gasteiger partial charge < -0.3 is 20.1 Å². The monoisotopic (exact) mass is 236 g/mol. The third-order valence-electron chi connectivity index (χ3n) is 2.23. The Morgan fingerprint density at radius 2 is 2.41 bits per heavy atom. The molecule has 0 fully saturated rings. The summed E-state index contributed by atoms with van der Waals surface area (Å²) in [5.41, 5.74) is 0.552. The fourth-order valence-corrected chi connectivity index (χ4v) is 1.37. The van der Waals surface area contributed by atoms with Crippen LogP contribution in [0.15, 0.2) is 18.2 Å². The number of nitrogens with one attached hydrogen (secondary N) is 2. The van der Waals surface area contributed by atoms with E-state index < -0.39 is 0 Å². The van der Waals surface area contributed by atoms with Crippen molar-refractivity contribution in [3.8, 4) is 11.5 Å². The van der Waals surface area contributed by atoms with Crippen molar-refractivity contribution in [2.24, 2.45) is 0 Å². The number of fused-ring (bicyclic) bond motifs is 1. The third kappa shape index (κ3) is 2.66. The molecule has 1 aromatic rings.